The van der Waals surface area contributed by atoms with Gasteiger partial charge in [-0.1, -0.05) is 11.8 Å². The second kappa shape index (κ2) is 6.93. The lowest BCUT2D eigenvalue weighted by Crippen LogP contribution is -2.54. The van der Waals surface area contributed by atoms with Gasteiger partial charge >= 0.3 is 0 Å². The zero-order valence-electron chi connectivity index (χ0n) is 13.0. The van der Waals surface area contributed by atoms with E-state index in [-0.39, 0.29) is 5.54 Å². The van der Waals surface area contributed by atoms with Gasteiger partial charge in [0.2, 0.25) is 0 Å². The lowest BCUT2D eigenvalue weighted by molar-refractivity contribution is -0.00970. The third kappa shape index (κ3) is 3.75. The van der Waals surface area contributed by atoms with Crippen molar-refractivity contribution in [1.82, 2.24) is 19.8 Å². The van der Waals surface area contributed by atoms with E-state index in [4.69, 9.17) is 4.74 Å². The highest BCUT2D eigenvalue weighted by molar-refractivity contribution is 7.98. The Morgan fingerprint density at radius 1 is 1.40 bits per heavy atom. The molecular weight excluding hydrogens is 272 g/mol. The first-order chi connectivity index (χ1) is 9.54. The SMILES string of the molecule is CSc1ncc(CNCC(C)(C)N2CCOCC2)n1C. The molecule has 1 aliphatic rings. The molecule has 0 saturated carbocycles. The lowest BCUT2D eigenvalue weighted by atomic mass is 10.0. The molecule has 1 aliphatic heterocycles. The minimum absolute atomic E-state index is 0.157. The van der Waals surface area contributed by atoms with Crippen molar-refractivity contribution < 1.29 is 4.74 Å². The maximum atomic E-state index is 5.42. The minimum atomic E-state index is 0.157. The van der Waals surface area contributed by atoms with E-state index in [1.54, 1.807) is 11.8 Å². The van der Waals surface area contributed by atoms with Gasteiger partial charge in [0.1, 0.15) is 0 Å². The van der Waals surface area contributed by atoms with Gasteiger partial charge in [-0.2, -0.15) is 0 Å². The van der Waals surface area contributed by atoms with Crippen LogP contribution in [0.15, 0.2) is 11.4 Å². The van der Waals surface area contributed by atoms with Crippen LogP contribution in [0.2, 0.25) is 0 Å². The summed E-state index contributed by atoms with van der Waals surface area (Å²) in [6, 6.07) is 0. The molecule has 20 heavy (non-hydrogen) atoms. The van der Waals surface area contributed by atoms with Crippen molar-refractivity contribution in [3.8, 4) is 0 Å². The van der Waals surface area contributed by atoms with Crippen LogP contribution in [0.1, 0.15) is 19.5 Å². The Morgan fingerprint density at radius 2 is 2.10 bits per heavy atom. The molecular formula is C14H26N4OS. The van der Waals surface area contributed by atoms with Gasteiger partial charge in [0.05, 0.1) is 25.1 Å². The molecule has 0 aliphatic carbocycles. The van der Waals surface area contributed by atoms with Gasteiger partial charge in [0, 0.05) is 38.8 Å². The van der Waals surface area contributed by atoms with Crippen LogP contribution in [0.4, 0.5) is 0 Å². The van der Waals surface area contributed by atoms with Crippen molar-refractivity contribution in [2.45, 2.75) is 31.1 Å². The minimum Gasteiger partial charge on any atom is -0.379 e. The number of nitrogens with one attached hydrogen (secondary N) is 1. The van der Waals surface area contributed by atoms with E-state index < -0.39 is 0 Å². The lowest BCUT2D eigenvalue weighted by Gasteiger charge is -2.41. The molecule has 0 atom stereocenters. The van der Waals surface area contributed by atoms with Gasteiger partial charge in [-0.05, 0) is 20.1 Å². The van der Waals surface area contributed by atoms with Gasteiger partial charge < -0.3 is 14.6 Å². The van der Waals surface area contributed by atoms with Crippen LogP contribution in [-0.2, 0) is 18.3 Å². The molecule has 0 aromatic carbocycles. The number of rotatable bonds is 6. The van der Waals surface area contributed by atoms with Crippen LogP contribution in [-0.4, -0.2) is 59.1 Å². The van der Waals surface area contributed by atoms with Gasteiger partial charge in [-0.15, -0.1) is 0 Å². The van der Waals surface area contributed by atoms with E-state index in [1.165, 1.54) is 5.69 Å². The standard InChI is InChI=1S/C14H26N4OS/c1-14(2,18-5-7-19-8-6-18)11-15-9-12-10-16-13(20-4)17(12)3/h10,15H,5-9,11H2,1-4H3. The maximum absolute atomic E-state index is 5.42. The number of ether oxygens (including phenoxy) is 1. The average Bonchev–Trinajstić information content (AvgIpc) is 2.80. The molecule has 1 N–H and O–H groups in total. The Hall–Kier alpha value is -0.560. The van der Waals surface area contributed by atoms with E-state index in [2.05, 4.69) is 46.9 Å². The number of hydrogen-bond donors (Lipinski definition) is 1. The number of aromatic nitrogens is 2. The summed E-state index contributed by atoms with van der Waals surface area (Å²) in [5.74, 6) is 0. The molecule has 2 rings (SSSR count). The van der Waals surface area contributed by atoms with E-state index >= 15 is 0 Å². The van der Waals surface area contributed by atoms with Crippen molar-refractivity contribution in [2.75, 3.05) is 39.1 Å². The fourth-order valence-electron chi connectivity index (χ4n) is 2.56. The van der Waals surface area contributed by atoms with Crippen molar-refractivity contribution in [3.05, 3.63) is 11.9 Å². The summed E-state index contributed by atoms with van der Waals surface area (Å²) in [6.07, 6.45) is 4.02. The smallest absolute Gasteiger partial charge is 0.167 e. The number of nitrogens with zero attached hydrogens (tertiary/aromatic N) is 3. The van der Waals surface area contributed by atoms with Crippen molar-refractivity contribution in [3.63, 3.8) is 0 Å². The molecule has 1 aromatic rings. The number of morpholine rings is 1. The Morgan fingerprint density at radius 3 is 2.70 bits per heavy atom. The topological polar surface area (TPSA) is 42.3 Å². The number of thioether (sulfide) groups is 1. The monoisotopic (exact) mass is 298 g/mol. The van der Waals surface area contributed by atoms with Crippen molar-refractivity contribution >= 4 is 11.8 Å². The van der Waals surface area contributed by atoms with E-state index in [0.717, 1.165) is 44.5 Å². The molecule has 0 radical (unpaired) electrons. The largest absolute Gasteiger partial charge is 0.379 e. The first-order valence-electron chi connectivity index (χ1n) is 7.12. The van der Waals surface area contributed by atoms with Crippen molar-refractivity contribution in [1.29, 1.82) is 0 Å². The number of imidazole rings is 1. The Labute approximate surface area is 126 Å². The summed E-state index contributed by atoms with van der Waals surface area (Å²) >= 11 is 1.68. The Balaban J connectivity index is 1.83. The van der Waals surface area contributed by atoms with E-state index in [0.29, 0.717) is 0 Å². The Kier molecular flexibility index (Phi) is 5.49. The zero-order chi connectivity index (χ0) is 14.6. The first kappa shape index (κ1) is 15.8. The summed E-state index contributed by atoms with van der Waals surface area (Å²) < 4.78 is 7.58. The van der Waals surface area contributed by atoms with Crippen LogP contribution >= 0.6 is 11.8 Å². The molecule has 1 saturated heterocycles. The van der Waals surface area contributed by atoms with E-state index in [1.807, 2.05) is 6.20 Å². The van der Waals surface area contributed by atoms with Crippen LogP contribution < -0.4 is 5.32 Å². The quantitative estimate of drug-likeness (QED) is 0.803. The molecule has 0 spiro atoms. The van der Waals surface area contributed by atoms with Gasteiger partial charge in [0.15, 0.2) is 5.16 Å². The highest BCUT2D eigenvalue weighted by Crippen LogP contribution is 2.16. The second-order valence-corrected chi connectivity index (χ2v) is 6.58. The molecule has 0 amide bonds. The molecule has 5 nitrogen and oxygen atoms in total. The van der Waals surface area contributed by atoms with Crippen LogP contribution in [0.5, 0.6) is 0 Å². The van der Waals surface area contributed by atoms with Crippen LogP contribution in [0, 0.1) is 0 Å². The maximum Gasteiger partial charge on any atom is 0.167 e. The Bertz CT molecular complexity index is 427. The van der Waals surface area contributed by atoms with Crippen LogP contribution in [0.25, 0.3) is 0 Å². The third-order valence-electron chi connectivity index (χ3n) is 3.96. The van der Waals surface area contributed by atoms with Gasteiger partial charge in [-0.25, -0.2) is 4.98 Å². The van der Waals surface area contributed by atoms with Crippen LogP contribution in [0.3, 0.4) is 0 Å². The predicted octanol–water partition coefficient (Wildman–Crippen LogP) is 1.34. The third-order valence-corrected chi connectivity index (χ3v) is 4.70. The summed E-state index contributed by atoms with van der Waals surface area (Å²) in [7, 11) is 2.07. The first-order valence-corrected chi connectivity index (χ1v) is 8.35. The molecule has 0 unspecified atom stereocenters. The van der Waals surface area contributed by atoms with Crippen molar-refractivity contribution in [2.24, 2.45) is 7.05 Å². The summed E-state index contributed by atoms with van der Waals surface area (Å²) in [4.78, 5) is 6.90. The highest BCUT2D eigenvalue weighted by Gasteiger charge is 2.27. The fourth-order valence-corrected chi connectivity index (χ4v) is 3.11. The normalized spacial score (nSPS) is 17.6. The van der Waals surface area contributed by atoms with Gasteiger partial charge in [0.25, 0.3) is 0 Å². The molecule has 1 aromatic heterocycles. The second-order valence-electron chi connectivity index (χ2n) is 5.81. The summed E-state index contributed by atoms with van der Waals surface area (Å²) in [6.45, 7) is 10.2. The number of hydrogen-bond acceptors (Lipinski definition) is 5. The summed E-state index contributed by atoms with van der Waals surface area (Å²) in [5, 5.41) is 4.63. The fraction of sp³-hybridized carbons (Fsp3) is 0.786. The molecule has 6 heteroatoms. The van der Waals surface area contributed by atoms with Gasteiger partial charge in [-0.3, -0.25) is 4.90 Å². The zero-order valence-corrected chi connectivity index (χ0v) is 13.8. The molecule has 2 heterocycles. The molecule has 0 bridgehead atoms. The predicted molar refractivity (Wildman–Crippen MR) is 83.2 cm³/mol. The average molecular weight is 298 g/mol. The molecule has 1 fully saturated rings. The highest BCUT2D eigenvalue weighted by atomic mass is 32.2. The van der Waals surface area contributed by atoms with E-state index in [9.17, 15) is 0 Å². The summed E-state index contributed by atoms with van der Waals surface area (Å²) in [5.41, 5.74) is 1.39. The molecule has 114 valence electrons.